The number of nitrogens with two attached hydrogens (primary N) is 1. The van der Waals surface area contributed by atoms with Crippen LogP contribution in [0.5, 0.6) is 11.5 Å². The second kappa shape index (κ2) is 15.3. The number of guanidine groups is 1. The first kappa shape index (κ1) is 28.5. The van der Waals surface area contributed by atoms with Gasteiger partial charge in [-0.15, -0.1) is 5.10 Å². The van der Waals surface area contributed by atoms with Crippen molar-refractivity contribution in [2.75, 3.05) is 49.2 Å². The molecule has 0 bridgehead atoms. The number of benzene rings is 2. The molecule has 0 saturated carbocycles. The summed E-state index contributed by atoms with van der Waals surface area (Å²) in [5.41, 5.74) is 12.5. The Morgan fingerprint density at radius 2 is 1.25 bits per heavy atom. The molecule has 2 aromatic rings. The molecule has 0 aliphatic heterocycles. The molecule has 0 atom stereocenters. The van der Waals surface area contributed by atoms with Crippen molar-refractivity contribution in [3.05, 3.63) is 47.5 Å². The lowest BCUT2D eigenvalue weighted by molar-refractivity contribution is 0.339. The van der Waals surface area contributed by atoms with E-state index in [9.17, 15) is 0 Å². The summed E-state index contributed by atoms with van der Waals surface area (Å²) >= 11 is 0. The number of ether oxygens (including phenoxy) is 2. The van der Waals surface area contributed by atoms with Gasteiger partial charge < -0.3 is 25.0 Å². The Balaban J connectivity index is 2.11. The number of anilines is 2. The molecule has 0 spiro atoms. The number of hydrazone groups is 1. The average Bonchev–Trinajstić information content (AvgIpc) is 2.88. The highest BCUT2D eigenvalue weighted by Crippen LogP contribution is 2.26. The predicted octanol–water partition coefficient (Wildman–Crippen LogP) is 4.45. The second-order valence-corrected chi connectivity index (χ2v) is 7.75. The first-order valence-electron chi connectivity index (χ1n) is 12.7. The fourth-order valence-corrected chi connectivity index (χ4v) is 3.73. The molecule has 0 unspecified atom stereocenters. The van der Waals surface area contributed by atoms with Gasteiger partial charge in [0, 0.05) is 60.8 Å². The van der Waals surface area contributed by atoms with Gasteiger partial charge in [-0.25, -0.2) is 5.43 Å². The predicted molar refractivity (Wildman–Crippen MR) is 152 cm³/mol. The smallest absolute Gasteiger partial charge is 0.234 e. The van der Waals surface area contributed by atoms with Crippen molar-refractivity contribution in [2.45, 2.75) is 41.5 Å². The zero-order valence-electron chi connectivity index (χ0n) is 22.5. The van der Waals surface area contributed by atoms with Crippen molar-refractivity contribution in [3.63, 3.8) is 0 Å². The SMILES string of the molecule is CCOc1cc(N(CC)CC)ccc1/C=N/N=C(N)N/N=C/c1ccc(N(CC)CC)cc1OCC. The van der Waals surface area contributed by atoms with Gasteiger partial charge in [0.15, 0.2) is 0 Å². The minimum atomic E-state index is 0.0675. The fraction of sp³-hybridized carbons (Fsp3) is 0.444. The summed E-state index contributed by atoms with van der Waals surface area (Å²) in [7, 11) is 0. The molecule has 36 heavy (non-hydrogen) atoms. The molecule has 2 rings (SSSR count). The molecule has 0 heterocycles. The van der Waals surface area contributed by atoms with Gasteiger partial charge in [-0.2, -0.15) is 10.2 Å². The van der Waals surface area contributed by atoms with E-state index in [2.05, 4.69) is 64.3 Å². The molecule has 9 heteroatoms. The molecule has 0 radical (unpaired) electrons. The van der Waals surface area contributed by atoms with E-state index in [1.165, 1.54) is 0 Å². The zero-order valence-corrected chi connectivity index (χ0v) is 22.5. The average molecular weight is 496 g/mol. The first-order valence-corrected chi connectivity index (χ1v) is 12.7. The lowest BCUT2D eigenvalue weighted by Gasteiger charge is -2.22. The van der Waals surface area contributed by atoms with Crippen LogP contribution in [0.3, 0.4) is 0 Å². The molecule has 2 aromatic carbocycles. The van der Waals surface area contributed by atoms with Crippen LogP contribution in [0.2, 0.25) is 0 Å². The van der Waals surface area contributed by atoms with Crippen LogP contribution in [0, 0.1) is 0 Å². The summed E-state index contributed by atoms with van der Waals surface area (Å²) in [5.74, 6) is 1.58. The third-order valence-corrected chi connectivity index (χ3v) is 5.60. The van der Waals surface area contributed by atoms with Crippen LogP contribution in [-0.2, 0) is 0 Å². The third-order valence-electron chi connectivity index (χ3n) is 5.60. The molecule has 0 fully saturated rings. The Kier molecular flexibility index (Phi) is 12.1. The fourth-order valence-electron chi connectivity index (χ4n) is 3.73. The normalized spacial score (nSPS) is 11.8. The lowest BCUT2D eigenvalue weighted by Crippen LogP contribution is -2.26. The summed E-state index contributed by atoms with van der Waals surface area (Å²) < 4.78 is 11.6. The number of hydrogen-bond donors (Lipinski definition) is 2. The van der Waals surface area contributed by atoms with Gasteiger partial charge in [-0.1, -0.05) is 0 Å². The minimum Gasteiger partial charge on any atom is -0.493 e. The summed E-state index contributed by atoms with van der Waals surface area (Å²) in [4.78, 5) is 4.52. The molecule has 0 aliphatic carbocycles. The van der Waals surface area contributed by atoms with Crippen molar-refractivity contribution < 1.29 is 9.47 Å². The lowest BCUT2D eigenvalue weighted by atomic mass is 10.2. The van der Waals surface area contributed by atoms with E-state index in [4.69, 9.17) is 15.2 Å². The van der Waals surface area contributed by atoms with Crippen molar-refractivity contribution in [1.29, 1.82) is 0 Å². The molecule has 0 aliphatic rings. The van der Waals surface area contributed by atoms with Gasteiger partial charge >= 0.3 is 0 Å². The van der Waals surface area contributed by atoms with Crippen molar-refractivity contribution in [1.82, 2.24) is 5.43 Å². The summed E-state index contributed by atoms with van der Waals surface area (Å²) in [6.07, 6.45) is 3.27. The zero-order chi connectivity index (χ0) is 26.3. The van der Waals surface area contributed by atoms with Crippen molar-refractivity contribution in [2.24, 2.45) is 21.0 Å². The Morgan fingerprint density at radius 3 is 1.69 bits per heavy atom. The largest absolute Gasteiger partial charge is 0.493 e. The maximum absolute atomic E-state index is 5.93. The Labute approximate surface area is 215 Å². The van der Waals surface area contributed by atoms with Crippen LogP contribution in [0.4, 0.5) is 11.4 Å². The van der Waals surface area contributed by atoms with E-state index in [1.807, 2.05) is 44.2 Å². The number of nitrogens with zero attached hydrogens (tertiary/aromatic N) is 5. The Bertz CT molecular complexity index is 1030. The Hall–Kier alpha value is -3.75. The van der Waals surface area contributed by atoms with Crippen LogP contribution in [0.15, 0.2) is 51.7 Å². The van der Waals surface area contributed by atoms with E-state index in [1.54, 1.807) is 12.4 Å². The summed E-state index contributed by atoms with van der Waals surface area (Å²) in [6, 6.07) is 12.1. The Morgan fingerprint density at radius 1 is 0.778 bits per heavy atom. The molecular formula is C27H41N7O2. The van der Waals surface area contributed by atoms with E-state index >= 15 is 0 Å². The second-order valence-electron chi connectivity index (χ2n) is 7.75. The van der Waals surface area contributed by atoms with Crippen LogP contribution < -0.4 is 30.4 Å². The van der Waals surface area contributed by atoms with Crippen LogP contribution in [-0.4, -0.2) is 57.8 Å². The van der Waals surface area contributed by atoms with Crippen molar-refractivity contribution in [3.8, 4) is 11.5 Å². The van der Waals surface area contributed by atoms with Gasteiger partial charge in [-0.3, -0.25) is 0 Å². The number of nitrogens with one attached hydrogen (secondary N) is 1. The van der Waals surface area contributed by atoms with Crippen LogP contribution >= 0.6 is 0 Å². The highest BCUT2D eigenvalue weighted by molar-refractivity contribution is 5.88. The van der Waals surface area contributed by atoms with Gasteiger partial charge in [0.1, 0.15) is 11.5 Å². The monoisotopic (exact) mass is 495 g/mol. The highest BCUT2D eigenvalue weighted by atomic mass is 16.5. The molecule has 3 N–H and O–H groups in total. The molecule has 9 nitrogen and oxygen atoms in total. The van der Waals surface area contributed by atoms with Crippen molar-refractivity contribution >= 4 is 29.8 Å². The van der Waals surface area contributed by atoms with E-state index in [0.717, 1.165) is 60.2 Å². The van der Waals surface area contributed by atoms with Crippen LogP contribution in [0.1, 0.15) is 52.7 Å². The topological polar surface area (TPSA) is 100 Å². The van der Waals surface area contributed by atoms with E-state index in [-0.39, 0.29) is 5.96 Å². The standard InChI is InChI=1S/C27H41N7O2/c1-7-33(8-2)23-15-13-21(25(17-23)35-11-5)19-29-31-27(28)32-30-20-22-14-16-24(34(9-3)10-4)18-26(22)36-12-6/h13-20H,7-12H2,1-6H3,(H3,28,31,32)/b29-19+,30-20+. The molecule has 0 amide bonds. The highest BCUT2D eigenvalue weighted by Gasteiger charge is 2.09. The van der Waals surface area contributed by atoms with E-state index in [0.29, 0.717) is 13.2 Å². The molecule has 0 saturated heterocycles. The quantitative estimate of drug-likeness (QED) is 0.228. The maximum atomic E-state index is 5.93. The molecular weight excluding hydrogens is 454 g/mol. The van der Waals surface area contributed by atoms with Gasteiger partial charge in [0.05, 0.1) is 25.6 Å². The van der Waals surface area contributed by atoms with Gasteiger partial charge in [0.2, 0.25) is 5.96 Å². The maximum Gasteiger partial charge on any atom is 0.234 e. The van der Waals surface area contributed by atoms with Gasteiger partial charge in [-0.05, 0) is 65.8 Å². The van der Waals surface area contributed by atoms with E-state index < -0.39 is 0 Å². The first-order chi connectivity index (χ1) is 17.5. The number of rotatable bonds is 14. The summed E-state index contributed by atoms with van der Waals surface area (Å²) in [5, 5.41) is 12.3. The molecule has 196 valence electrons. The third kappa shape index (κ3) is 8.18. The minimum absolute atomic E-state index is 0.0675. The molecule has 0 aromatic heterocycles. The number of hydrogen-bond acceptors (Lipinski definition) is 7. The summed E-state index contributed by atoms with van der Waals surface area (Å²) in [6.45, 7) is 17.3. The van der Waals surface area contributed by atoms with Gasteiger partial charge in [0.25, 0.3) is 0 Å². The van der Waals surface area contributed by atoms with Crippen LogP contribution in [0.25, 0.3) is 0 Å².